The fourth-order valence-corrected chi connectivity index (χ4v) is 11.6. The third kappa shape index (κ3) is 6.39. The lowest BCUT2D eigenvalue weighted by molar-refractivity contribution is 0.0615. The first kappa shape index (κ1) is 37.2. The largest absolute Gasteiger partial charge is 0.474 e. The number of anilines is 1. The van der Waals surface area contributed by atoms with Crippen molar-refractivity contribution in [1.82, 2.24) is 14.1 Å². The molecule has 8 rings (SSSR count). The summed E-state index contributed by atoms with van der Waals surface area (Å²) in [5.74, 6) is 0.220. The summed E-state index contributed by atoms with van der Waals surface area (Å²) in [4.78, 5) is 15.8. The summed E-state index contributed by atoms with van der Waals surface area (Å²) in [6.07, 6.45) is 6.87. The van der Waals surface area contributed by atoms with Crippen molar-refractivity contribution in [2.75, 3.05) is 11.9 Å². The highest BCUT2D eigenvalue weighted by Crippen LogP contribution is 2.48. The molecule has 0 spiro atoms. The fourth-order valence-electron chi connectivity index (χ4n) is 8.48. The van der Waals surface area contributed by atoms with Gasteiger partial charge in [-0.25, -0.2) is 22.8 Å². The average Bonchev–Trinajstić information content (AvgIpc) is 3.94. The Bertz CT molecular complexity index is 2190. The molecular weight excluding hydrogens is 723 g/mol. The maximum Gasteiger partial charge on any atom is 0.336 e. The highest BCUT2D eigenvalue weighted by atomic mass is 32.2. The van der Waals surface area contributed by atoms with Crippen LogP contribution in [0.4, 0.5) is 10.5 Å². The number of urea groups is 1. The Morgan fingerprint density at radius 3 is 1.87 bits per heavy atom. The van der Waals surface area contributed by atoms with Crippen LogP contribution in [0.5, 0.6) is 5.88 Å². The Balaban J connectivity index is 1.33. The Morgan fingerprint density at radius 2 is 1.38 bits per heavy atom. The number of fused-ring (bicyclic) bond motifs is 3. The van der Waals surface area contributed by atoms with Gasteiger partial charge in [-0.1, -0.05) is 118 Å². The highest BCUT2D eigenvalue weighted by Gasteiger charge is 2.52. The van der Waals surface area contributed by atoms with Gasteiger partial charge < -0.3 is 14.5 Å². The topological polar surface area (TPSA) is 110 Å². The molecule has 55 heavy (non-hydrogen) atoms. The van der Waals surface area contributed by atoms with Gasteiger partial charge in [0.05, 0.1) is 18.8 Å². The number of hydrogen-bond donors (Lipinski definition) is 2. The van der Waals surface area contributed by atoms with Crippen molar-refractivity contribution in [2.24, 2.45) is 0 Å². The molecule has 2 aliphatic carbocycles. The molecule has 5 aromatic rings. The van der Waals surface area contributed by atoms with Gasteiger partial charge in [-0.15, -0.1) is 0 Å². The summed E-state index contributed by atoms with van der Waals surface area (Å²) in [6.45, 7) is 11.6. The Kier molecular flexibility index (Phi) is 9.54. The van der Waals surface area contributed by atoms with Crippen molar-refractivity contribution in [3.05, 3.63) is 142 Å². The molecular formula is C44H51N5O4SSi. The number of ether oxygens (including phenoxy) is 1. The molecule has 2 atom stereocenters. The lowest BCUT2D eigenvalue weighted by Gasteiger charge is -2.45. The van der Waals surface area contributed by atoms with E-state index in [2.05, 4.69) is 50.3 Å². The predicted octanol–water partition coefficient (Wildman–Crippen LogP) is 9.49. The van der Waals surface area contributed by atoms with E-state index in [4.69, 9.17) is 9.16 Å². The number of amides is 2. The Labute approximate surface area is 326 Å². The van der Waals surface area contributed by atoms with Crippen molar-refractivity contribution in [2.45, 2.75) is 101 Å². The monoisotopic (exact) mass is 773 g/mol. The first-order chi connectivity index (χ1) is 26.3. The van der Waals surface area contributed by atoms with Crippen molar-refractivity contribution < 1.29 is 18.2 Å². The van der Waals surface area contributed by atoms with Crippen LogP contribution in [0.3, 0.4) is 0 Å². The van der Waals surface area contributed by atoms with E-state index in [9.17, 15) is 4.78 Å². The number of carbonyl (C=O) groups is 1. The van der Waals surface area contributed by atoms with Gasteiger partial charge in [0.15, 0.2) is 18.2 Å². The van der Waals surface area contributed by atoms with Crippen LogP contribution in [0.15, 0.2) is 108 Å². The molecule has 2 heterocycles. The van der Waals surface area contributed by atoms with Crippen molar-refractivity contribution in [1.29, 1.82) is 4.78 Å². The van der Waals surface area contributed by atoms with Gasteiger partial charge in [-0.2, -0.15) is 5.10 Å². The molecule has 0 saturated heterocycles. The van der Waals surface area contributed by atoms with Crippen LogP contribution in [0.2, 0.25) is 18.1 Å². The zero-order chi connectivity index (χ0) is 38.6. The minimum atomic E-state index is -4.24. The van der Waals surface area contributed by atoms with Gasteiger partial charge in [0.1, 0.15) is 17.0 Å². The van der Waals surface area contributed by atoms with Crippen LogP contribution < -0.4 is 10.1 Å². The molecule has 1 aliphatic heterocycles. The normalized spacial score (nSPS) is 17.7. The van der Waals surface area contributed by atoms with E-state index in [0.717, 1.165) is 55.3 Å². The molecule has 2 N–H and O–H groups in total. The second-order valence-electron chi connectivity index (χ2n) is 16.6. The number of rotatable bonds is 9. The molecule has 11 heteroatoms. The lowest BCUT2D eigenvalue weighted by Crippen LogP contribution is -2.55. The molecule has 1 unspecified atom stereocenters. The van der Waals surface area contributed by atoms with Crippen molar-refractivity contribution in [3.63, 3.8) is 0 Å². The third-order valence-corrected chi connectivity index (χ3v) is 18.5. The van der Waals surface area contributed by atoms with E-state index in [1.54, 1.807) is 4.68 Å². The van der Waals surface area contributed by atoms with Gasteiger partial charge in [0, 0.05) is 5.69 Å². The minimum absolute atomic E-state index is 0.000548. The summed E-state index contributed by atoms with van der Waals surface area (Å²) in [7, 11) is -6.39. The molecule has 0 saturated carbocycles. The average molecular weight is 774 g/mol. The Hall–Kier alpha value is -4.71. The van der Waals surface area contributed by atoms with Crippen LogP contribution in [-0.4, -0.2) is 45.4 Å². The number of aromatic nitrogens is 2. The maximum atomic E-state index is 16.1. The van der Waals surface area contributed by atoms with E-state index in [0.29, 0.717) is 23.2 Å². The van der Waals surface area contributed by atoms with Gasteiger partial charge >= 0.3 is 6.03 Å². The van der Waals surface area contributed by atoms with Crippen LogP contribution >= 0.6 is 0 Å². The Morgan fingerprint density at radius 1 is 0.873 bits per heavy atom. The SMILES string of the molecule is CC(C)(C)[Si](C)(C)O[C@H]1COc2c(S(=N)(=O)N(C(=O)Nc3c4c(cc5c3CCC5)CCC4)C(c3ccccc3)(c3ccccc3)c3ccccc3)cnn2C1. The van der Waals surface area contributed by atoms with E-state index in [1.165, 1.54) is 21.6 Å². The van der Waals surface area contributed by atoms with E-state index < -0.39 is 29.8 Å². The van der Waals surface area contributed by atoms with Crippen LogP contribution in [-0.2, 0) is 52.1 Å². The minimum Gasteiger partial charge on any atom is -0.474 e. The number of hydrogen-bond acceptors (Lipinski definition) is 6. The fraction of sp³-hybridized carbons (Fsp3) is 0.364. The zero-order valence-corrected chi connectivity index (χ0v) is 34.2. The van der Waals surface area contributed by atoms with E-state index in [1.807, 2.05) is 91.0 Å². The van der Waals surface area contributed by atoms with Gasteiger partial charge in [-0.05, 0) is 95.6 Å². The first-order valence-corrected chi connectivity index (χ1v) is 23.8. The first-order valence-electron chi connectivity index (χ1n) is 19.4. The number of benzene rings is 4. The smallest absolute Gasteiger partial charge is 0.336 e. The van der Waals surface area contributed by atoms with Gasteiger partial charge in [-0.3, -0.25) is 0 Å². The van der Waals surface area contributed by atoms with Crippen LogP contribution in [0.25, 0.3) is 0 Å². The summed E-state index contributed by atoms with van der Waals surface area (Å²) in [5.41, 5.74) is 6.19. The molecule has 286 valence electrons. The third-order valence-electron chi connectivity index (χ3n) is 12.1. The maximum absolute atomic E-state index is 16.1. The summed E-state index contributed by atoms with van der Waals surface area (Å²) in [6, 6.07) is 30.7. The summed E-state index contributed by atoms with van der Waals surface area (Å²) < 4.78 is 42.3. The predicted molar refractivity (Wildman–Crippen MR) is 219 cm³/mol. The van der Waals surface area contributed by atoms with Crippen molar-refractivity contribution in [3.8, 4) is 5.88 Å². The molecule has 1 aromatic heterocycles. The number of nitrogens with one attached hydrogen (secondary N) is 2. The zero-order valence-electron chi connectivity index (χ0n) is 32.4. The van der Waals surface area contributed by atoms with Gasteiger partial charge in [0.25, 0.3) is 0 Å². The second kappa shape index (κ2) is 14.1. The number of aryl methyl sites for hydroxylation is 2. The number of carbonyl (C=O) groups excluding carboxylic acids is 1. The molecule has 2 amide bonds. The van der Waals surface area contributed by atoms with E-state index in [-0.39, 0.29) is 28.5 Å². The molecule has 0 fully saturated rings. The van der Waals surface area contributed by atoms with E-state index >= 15 is 9.00 Å². The molecule has 3 aliphatic rings. The standard InChI is InChI=1S/C44H51N5O4SSi/c1-43(2,3)55(4,5)53-36-29-48-41(52-30-36)39(28-46-48)54(45,51)49(42(50)47-40-37-25-15-17-31(37)27-32-18-16-26-38(32)40)44(33-19-9-6-10-20-33,34-21-11-7-12-22-34)35-23-13-8-14-24-35/h6-14,19-24,27-28,36,45H,15-18,25-26,29-30H2,1-5H3,(H,47,50)/t36-,54?/m1/s1. The quantitative estimate of drug-likeness (QED) is 0.115. The summed E-state index contributed by atoms with van der Waals surface area (Å²) in [5, 5.41) is 8.01. The highest BCUT2D eigenvalue weighted by molar-refractivity contribution is 7.90. The second-order valence-corrected chi connectivity index (χ2v) is 23.2. The van der Waals surface area contributed by atoms with Crippen LogP contribution in [0.1, 0.15) is 72.6 Å². The van der Waals surface area contributed by atoms with Gasteiger partial charge in [0.2, 0.25) is 5.88 Å². The molecule has 9 nitrogen and oxygen atoms in total. The molecule has 0 bridgehead atoms. The molecule has 4 aromatic carbocycles. The number of nitrogens with zero attached hydrogens (tertiary/aromatic N) is 3. The van der Waals surface area contributed by atoms with Crippen molar-refractivity contribution >= 4 is 30.0 Å². The summed E-state index contributed by atoms with van der Waals surface area (Å²) >= 11 is 0. The molecule has 0 radical (unpaired) electrons. The lowest BCUT2D eigenvalue weighted by atomic mass is 9.77. The van der Waals surface area contributed by atoms with Crippen LogP contribution in [0, 0.1) is 4.78 Å².